The molecule has 1 aliphatic rings. The van der Waals surface area contributed by atoms with Crippen LogP contribution in [0, 0.1) is 6.92 Å². The molecule has 0 radical (unpaired) electrons. The number of benzene rings is 1. The summed E-state index contributed by atoms with van der Waals surface area (Å²) in [6.07, 6.45) is 1.62. The molecule has 0 spiro atoms. The molecule has 2 aromatic rings. The molecule has 1 N–H and O–H groups in total. The fourth-order valence-corrected chi connectivity index (χ4v) is 4.20. The molecule has 26 heavy (non-hydrogen) atoms. The van der Waals surface area contributed by atoms with Gasteiger partial charge in [0, 0.05) is 25.7 Å². The van der Waals surface area contributed by atoms with Crippen LogP contribution in [0.25, 0.3) is 0 Å². The number of alkyl halides is 2. The highest BCUT2D eigenvalue weighted by molar-refractivity contribution is 7.89. The molecule has 2 heterocycles. The third-order valence-electron chi connectivity index (χ3n) is 4.36. The fourth-order valence-electron chi connectivity index (χ4n) is 3.02. The van der Waals surface area contributed by atoms with Crippen molar-refractivity contribution in [2.45, 2.75) is 38.3 Å². The van der Waals surface area contributed by atoms with E-state index >= 15 is 0 Å². The van der Waals surface area contributed by atoms with E-state index in [1.54, 1.807) is 17.0 Å². The molecule has 0 saturated carbocycles. The lowest BCUT2D eigenvalue weighted by molar-refractivity contribution is -0.116. The minimum absolute atomic E-state index is 0.00891. The van der Waals surface area contributed by atoms with E-state index in [1.807, 2.05) is 6.07 Å². The monoisotopic (exact) mass is 384 g/mol. The SMILES string of the molecule is CC(=O)N1CCc2cc(CNS(=O)(=O)c3cnn(C(F)F)c3C)ccc21. The van der Waals surface area contributed by atoms with Crippen molar-refractivity contribution in [3.63, 3.8) is 0 Å². The summed E-state index contributed by atoms with van der Waals surface area (Å²) >= 11 is 0. The predicted octanol–water partition coefficient (Wildman–Crippen LogP) is 1.97. The molecule has 0 aliphatic carbocycles. The van der Waals surface area contributed by atoms with Gasteiger partial charge in [-0.25, -0.2) is 17.8 Å². The average molecular weight is 384 g/mol. The van der Waals surface area contributed by atoms with E-state index in [-0.39, 0.29) is 23.0 Å². The summed E-state index contributed by atoms with van der Waals surface area (Å²) < 4.78 is 53.0. The standard InChI is InChI=1S/C16H18F2N4O3S/c1-10-15(9-19-22(10)16(17)18)26(24,25)20-8-12-3-4-14-13(7-12)5-6-21(14)11(2)23/h3-4,7,9,16,20H,5-6,8H2,1-2H3. The second kappa shape index (κ2) is 6.76. The summed E-state index contributed by atoms with van der Waals surface area (Å²) in [4.78, 5) is 13.0. The highest BCUT2D eigenvalue weighted by atomic mass is 32.2. The molecule has 0 unspecified atom stereocenters. The number of carbonyl (C=O) groups is 1. The van der Waals surface area contributed by atoms with Crippen LogP contribution in [-0.4, -0.2) is 30.7 Å². The molecule has 10 heteroatoms. The molecular weight excluding hydrogens is 366 g/mol. The van der Waals surface area contributed by atoms with Crippen LogP contribution in [-0.2, 0) is 27.8 Å². The smallest absolute Gasteiger partial charge is 0.312 e. The topological polar surface area (TPSA) is 84.3 Å². The Morgan fingerprint density at radius 3 is 2.73 bits per heavy atom. The lowest BCUT2D eigenvalue weighted by Gasteiger charge is -2.15. The molecule has 0 fully saturated rings. The average Bonchev–Trinajstić information content (AvgIpc) is 3.16. The van der Waals surface area contributed by atoms with E-state index in [2.05, 4.69) is 9.82 Å². The van der Waals surface area contributed by atoms with E-state index in [9.17, 15) is 22.0 Å². The number of fused-ring (bicyclic) bond motifs is 1. The molecule has 3 rings (SSSR count). The molecule has 0 bridgehead atoms. The van der Waals surface area contributed by atoms with E-state index < -0.39 is 16.6 Å². The molecule has 0 saturated heterocycles. The normalized spacial score (nSPS) is 14.1. The largest absolute Gasteiger partial charge is 0.333 e. The van der Waals surface area contributed by atoms with Gasteiger partial charge in [0.05, 0.1) is 11.9 Å². The van der Waals surface area contributed by atoms with Gasteiger partial charge in [0.2, 0.25) is 15.9 Å². The van der Waals surface area contributed by atoms with Crippen LogP contribution in [0.3, 0.4) is 0 Å². The molecular formula is C16H18F2N4O3S. The lowest BCUT2D eigenvalue weighted by atomic mass is 10.1. The lowest BCUT2D eigenvalue weighted by Crippen LogP contribution is -2.25. The van der Waals surface area contributed by atoms with Crippen LogP contribution < -0.4 is 9.62 Å². The van der Waals surface area contributed by atoms with E-state index in [1.165, 1.54) is 13.8 Å². The summed E-state index contributed by atoms with van der Waals surface area (Å²) in [5, 5.41) is 3.42. The summed E-state index contributed by atoms with van der Waals surface area (Å²) in [7, 11) is -3.97. The molecule has 0 atom stereocenters. The van der Waals surface area contributed by atoms with Gasteiger partial charge in [-0.2, -0.15) is 13.9 Å². The van der Waals surface area contributed by atoms with Crippen molar-refractivity contribution in [3.05, 3.63) is 41.2 Å². The number of amides is 1. The van der Waals surface area contributed by atoms with Gasteiger partial charge >= 0.3 is 6.55 Å². The van der Waals surface area contributed by atoms with Gasteiger partial charge in [0.25, 0.3) is 0 Å². The maximum absolute atomic E-state index is 12.8. The first-order valence-corrected chi connectivity index (χ1v) is 9.41. The molecule has 1 aliphatic heterocycles. The van der Waals surface area contributed by atoms with Crippen molar-refractivity contribution < 1.29 is 22.0 Å². The quantitative estimate of drug-likeness (QED) is 0.854. The third-order valence-corrected chi connectivity index (χ3v) is 5.86. The Hall–Kier alpha value is -2.33. The zero-order chi connectivity index (χ0) is 19.1. The minimum atomic E-state index is -3.97. The molecule has 1 aromatic heterocycles. The highest BCUT2D eigenvalue weighted by Gasteiger charge is 2.25. The summed E-state index contributed by atoms with van der Waals surface area (Å²) in [5.41, 5.74) is 2.40. The number of hydrogen-bond acceptors (Lipinski definition) is 4. The zero-order valence-corrected chi connectivity index (χ0v) is 15.1. The van der Waals surface area contributed by atoms with Crippen LogP contribution in [0.5, 0.6) is 0 Å². The molecule has 140 valence electrons. The Bertz CT molecular complexity index is 956. The van der Waals surface area contributed by atoms with Gasteiger partial charge in [0.1, 0.15) is 4.90 Å². The van der Waals surface area contributed by atoms with Crippen LogP contribution in [0.1, 0.15) is 30.3 Å². The van der Waals surface area contributed by atoms with Crippen molar-refractivity contribution in [1.29, 1.82) is 0 Å². The van der Waals surface area contributed by atoms with Crippen molar-refractivity contribution >= 4 is 21.6 Å². The van der Waals surface area contributed by atoms with E-state index in [4.69, 9.17) is 0 Å². The maximum Gasteiger partial charge on any atom is 0.333 e. The summed E-state index contributed by atoms with van der Waals surface area (Å²) in [6.45, 7) is 0.485. The minimum Gasteiger partial charge on any atom is -0.312 e. The van der Waals surface area contributed by atoms with Gasteiger partial charge in [-0.15, -0.1) is 0 Å². The van der Waals surface area contributed by atoms with Gasteiger partial charge < -0.3 is 4.90 Å². The maximum atomic E-state index is 12.8. The van der Waals surface area contributed by atoms with Gasteiger partial charge in [-0.3, -0.25) is 4.79 Å². The number of aromatic nitrogens is 2. The Kier molecular flexibility index (Phi) is 4.80. The summed E-state index contributed by atoms with van der Waals surface area (Å²) in [5.74, 6) is -0.0382. The number of hydrogen-bond donors (Lipinski definition) is 1. The third kappa shape index (κ3) is 3.34. The number of rotatable bonds is 5. The number of carbonyl (C=O) groups excluding carboxylic acids is 1. The Balaban J connectivity index is 1.76. The Morgan fingerprint density at radius 2 is 2.12 bits per heavy atom. The van der Waals surface area contributed by atoms with Crippen LogP contribution in [0.2, 0.25) is 0 Å². The highest BCUT2D eigenvalue weighted by Crippen LogP contribution is 2.29. The van der Waals surface area contributed by atoms with Gasteiger partial charge in [-0.05, 0) is 30.5 Å². The number of halogens is 2. The molecule has 7 nitrogen and oxygen atoms in total. The zero-order valence-electron chi connectivity index (χ0n) is 14.2. The second-order valence-electron chi connectivity index (χ2n) is 6.02. The predicted molar refractivity (Wildman–Crippen MR) is 90.4 cm³/mol. The van der Waals surface area contributed by atoms with Crippen molar-refractivity contribution in [2.24, 2.45) is 0 Å². The van der Waals surface area contributed by atoms with Crippen molar-refractivity contribution in [3.8, 4) is 0 Å². The molecule has 1 amide bonds. The van der Waals surface area contributed by atoms with Crippen LogP contribution >= 0.6 is 0 Å². The first-order chi connectivity index (χ1) is 12.2. The number of nitrogens with zero attached hydrogens (tertiary/aromatic N) is 3. The number of anilines is 1. The Morgan fingerprint density at radius 1 is 1.38 bits per heavy atom. The molecule has 1 aromatic carbocycles. The van der Waals surface area contributed by atoms with Gasteiger partial charge in [0.15, 0.2) is 0 Å². The number of sulfonamides is 1. The second-order valence-corrected chi connectivity index (χ2v) is 7.76. The van der Waals surface area contributed by atoms with E-state index in [0.717, 1.165) is 23.0 Å². The van der Waals surface area contributed by atoms with E-state index in [0.29, 0.717) is 17.6 Å². The fraction of sp³-hybridized carbons (Fsp3) is 0.375. The van der Waals surface area contributed by atoms with Crippen molar-refractivity contribution in [1.82, 2.24) is 14.5 Å². The first-order valence-electron chi connectivity index (χ1n) is 7.92. The van der Waals surface area contributed by atoms with Crippen molar-refractivity contribution in [2.75, 3.05) is 11.4 Å². The Labute approximate surface area is 149 Å². The van der Waals surface area contributed by atoms with Crippen LogP contribution in [0.15, 0.2) is 29.3 Å². The number of nitrogens with one attached hydrogen (secondary N) is 1. The first kappa shape index (κ1) is 18.5. The van der Waals surface area contributed by atoms with Gasteiger partial charge in [-0.1, -0.05) is 12.1 Å². The van der Waals surface area contributed by atoms with Crippen LogP contribution in [0.4, 0.5) is 14.5 Å². The summed E-state index contributed by atoms with van der Waals surface area (Å²) in [6, 6.07) is 5.36.